The highest BCUT2D eigenvalue weighted by Crippen LogP contribution is 2.28. The van der Waals surface area contributed by atoms with Gasteiger partial charge in [-0.15, -0.1) is 24.8 Å². The lowest BCUT2D eigenvalue weighted by atomic mass is 9.87. The predicted molar refractivity (Wildman–Crippen MR) is 106 cm³/mol. The van der Waals surface area contributed by atoms with Crippen LogP contribution >= 0.6 is 24.8 Å². The minimum absolute atomic E-state index is 0. The summed E-state index contributed by atoms with van der Waals surface area (Å²) in [7, 11) is 0. The number of benzene rings is 2. The molecule has 0 bridgehead atoms. The van der Waals surface area contributed by atoms with Crippen LogP contribution in [0.25, 0.3) is 0 Å². The first kappa shape index (κ1) is 22.2. The van der Waals surface area contributed by atoms with Gasteiger partial charge < -0.3 is 10.4 Å². The van der Waals surface area contributed by atoms with Gasteiger partial charge in [0.05, 0.1) is 0 Å². The summed E-state index contributed by atoms with van der Waals surface area (Å²) in [5, 5.41) is 12.8. The normalized spacial score (nSPS) is 16.0. The van der Waals surface area contributed by atoms with Gasteiger partial charge in [-0.2, -0.15) is 0 Å². The summed E-state index contributed by atoms with van der Waals surface area (Å²) in [6, 6.07) is 16.0. The Kier molecular flexibility index (Phi) is 8.34. The first-order valence-corrected chi connectivity index (χ1v) is 8.11. The van der Waals surface area contributed by atoms with Crippen molar-refractivity contribution in [3.63, 3.8) is 0 Å². The lowest BCUT2D eigenvalue weighted by molar-refractivity contribution is -0.144. The van der Waals surface area contributed by atoms with E-state index in [4.69, 9.17) is 0 Å². The molecule has 0 saturated carbocycles. The van der Waals surface area contributed by atoms with Crippen molar-refractivity contribution in [2.75, 3.05) is 18.4 Å². The Hall–Kier alpha value is -1.82. The smallest absolute Gasteiger partial charge is 0.329 e. The van der Waals surface area contributed by atoms with E-state index in [-0.39, 0.29) is 30.6 Å². The number of anilines is 1. The Balaban J connectivity index is 0.00000169. The zero-order valence-electron chi connectivity index (χ0n) is 14.2. The van der Waals surface area contributed by atoms with Gasteiger partial charge in [0, 0.05) is 25.3 Å². The molecule has 1 aliphatic rings. The maximum Gasteiger partial charge on any atom is 0.329 e. The Morgan fingerprint density at radius 1 is 1.04 bits per heavy atom. The van der Waals surface area contributed by atoms with E-state index in [1.54, 1.807) is 12.1 Å². The third-order valence-corrected chi connectivity index (χ3v) is 4.60. The van der Waals surface area contributed by atoms with Crippen molar-refractivity contribution in [2.45, 2.75) is 24.9 Å². The van der Waals surface area contributed by atoms with Crippen molar-refractivity contribution in [3.05, 3.63) is 66.0 Å². The van der Waals surface area contributed by atoms with E-state index in [2.05, 4.69) is 22.3 Å². The zero-order valence-corrected chi connectivity index (χ0v) is 15.9. The van der Waals surface area contributed by atoms with Gasteiger partial charge >= 0.3 is 5.97 Å². The molecule has 26 heavy (non-hydrogen) atoms. The topological polar surface area (TPSA) is 52.6 Å². The second-order valence-corrected chi connectivity index (χ2v) is 6.28. The van der Waals surface area contributed by atoms with E-state index in [1.807, 2.05) is 18.2 Å². The monoisotopic (exact) mass is 400 g/mol. The highest BCUT2D eigenvalue weighted by molar-refractivity contribution is 5.85. The number of carboxylic acids is 1. The Bertz CT molecular complexity index is 690. The molecule has 0 amide bonds. The standard InChI is InChI=1S/C19H21FN2O2.2ClH/c20-16-6-8-17(9-7-16)21-19(18(23)24)10-12-22(13-11-19)14-15-4-2-1-3-5-15;;/h1-9,21H,10-14H2,(H,23,24);2*1H. The molecule has 0 aromatic heterocycles. The molecule has 0 radical (unpaired) electrons. The molecule has 1 heterocycles. The summed E-state index contributed by atoms with van der Waals surface area (Å²) in [6.07, 6.45) is 1.01. The van der Waals surface area contributed by atoms with Crippen LogP contribution in [0.15, 0.2) is 54.6 Å². The number of hydrogen-bond donors (Lipinski definition) is 2. The summed E-state index contributed by atoms with van der Waals surface area (Å²) < 4.78 is 13.0. The van der Waals surface area contributed by atoms with E-state index >= 15 is 0 Å². The second kappa shape index (κ2) is 9.76. The minimum atomic E-state index is -0.995. The van der Waals surface area contributed by atoms with Crippen LogP contribution in [-0.4, -0.2) is 34.6 Å². The molecule has 1 saturated heterocycles. The lowest BCUT2D eigenvalue weighted by Gasteiger charge is -2.40. The number of nitrogens with zero attached hydrogens (tertiary/aromatic N) is 1. The number of piperidine rings is 1. The molecule has 4 nitrogen and oxygen atoms in total. The number of halogens is 3. The third-order valence-electron chi connectivity index (χ3n) is 4.60. The fourth-order valence-corrected chi connectivity index (χ4v) is 3.14. The molecule has 2 aromatic rings. The van der Waals surface area contributed by atoms with Crippen LogP contribution in [0.3, 0.4) is 0 Å². The molecule has 2 aromatic carbocycles. The molecular weight excluding hydrogens is 378 g/mol. The Morgan fingerprint density at radius 3 is 2.15 bits per heavy atom. The summed E-state index contributed by atoms with van der Waals surface area (Å²) in [6.45, 7) is 2.23. The van der Waals surface area contributed by atoms with Crippen LogP contribution in [0.5, 0.6) is 0 Å². The van der Waals surface area contributed by atoms with E-state index in [0.717, 1.165) is 6.54 Å². The number of aliphatic carboxylic acids is 1. The number of hydrogen-bond acceptors (Lipinski definition) is 3. The number of carboxylic acid groups (broad SMARTS) is 1. The number of likely N-dealkylation sites (tertiary alicyclic amines) is 1. The number of nitrogens with one attached hydrogen (secondary N) is 1. The SMILES string of the molecule is Cl.Cl.O=C(O)C1(Nc2ccc(F)cc2)CCN(Cc2ccccc2)CC1. The maximum absolute atomic E-state index is 13.0. The maximum atomic E-state index is 13.0. The van der Waals surface area contributed by atoms with Crippen LogP contribution in [-0.2, 0) is 11.3 Å². The minimum Gasteiger partial charge on any atom is -0.480 e. The van der Waals surface area contributed by atoms with Gasteiger partial charge in [0.2, 0.25) is 0 Å². The van der Waals surface area contributed by atoms with E-state index in [0.29, 0.717) is 31.6 Å². The predicted octanol–water partition coefficient (Wildman–Crippen LogP) is 4.20. The van der Waals surface area contributed by atoms with E-state index in [9.17, 15) is 14.3 Å². The van der Waals surface area contributed by atoms with Gasteiger partial charge in [-0.1, -0.05) is 30.3 Å². The fraction of sp³-hybridized carbons (Fsp3) is 0.316. The van der Waals surface area contributed by atoms with Gasteiger partial charge in [-0.25, -0.2) is 9.18 Å². The molecule has 142 valence electrons. The van der Waals surface area contributed by atoms with E-state index in [1.165, 1.54) is 17.7 Å². The molecule has 0 aliphatic carbocycles. The first-order valence-electron chi connectivity index (χ1n) is 8.11. The molecule has 2 N–H and O–H groups in total. The van der Waals surface area contributed by atoms with Gasteiger partial charge in [0.1, 0.15) is 11.4 Å². The molecule has 0 unspecified atom stereocenters. The van der Waals surface area contributed by atoms with Crippen LogP contribution in [0.4, 0.5) is 10.1 Å². The lowest BCUT2D eigenvalue weighted by Crippen LogP contribution is -2.54. The first-order chi connectivity index (χ1) is 11.6. The number of rotatable bonds is 5. The van der Waals surface area contributed by atoms with Crippen LogP contribution in [0.1, 0.15) is 18.4 Å². The Labute approximate surface area is 165 Å². The largest absolute Gasteiger partial charge is 0.480 e. The van der Waals surface area contributed by atoms with Crippen molar-refractivity contribution in [2.24, 2.45) is 0 Å². The molecule has 3 rings (SSSR count). The average molecular weight is 401 g/mol. The van der Waals surface area contributed by atoms with Crippen molar-refractivity contribution < 1.29 is 14.3 Å². The van der Waals surface area contributed by atoms with Crippen molar-refractivity contribution in [3.8, 4) is 0 Å². The molecule has 1 fully saturated rings. The average Bonchev–Trinajstić information content (AvgIpc) is 2.59. The molecule has 0 atom stereocenters. The van der Waals surface area contributed by atoms with Crippen LogP contribution in [0, 0.1) is 5.82 Å². The summed E-state index contributed by atoms with van der Waals surface area (Å²) in [5.41, 5.74) is 0.868. The van der Waals surface area contributed by atoms with Crippen LogP contribution < -0.4 is 5.32 Å². The molecule has 7 heteroatoms. The van der Waals surface area contributed by atoms with Crippen LogP contribution in [0.2, 0.25) is 0 Å². The van der Waals surface area contributed by atoms with Gasteiger partial charge in [0.15, 0.2) is 0 Å². The molecule has 0 spiro atoms. The quantitative estimate of drug-likeness (QED) is 0.789. The third kappa shape index (κ3) is 5.34. The van der Waals surface area contributed by atoms with Crippen molar-refractivity contribution >= 4 is 36.5 Å². The van der Waals surface area contributed by atoms with Crippen molar-refractivity contribution in [1.29, 1.82) is 0 Å². The van der Waals surface area contributed by atoms with Gasteiger partial charge in [0.25, 0.3) is 0 Å². The molecular formula is C19H23Cl2FN2O2. The summed E-state index contributed by atoms with van der Waals surface area (Å²) in [4.78, 5) is 14.1. The number of carbonyl (C=O) groups is 1. The summed E-state index contributed by atoms with van der Waals surface area (Å²) in [5.74, 6) is -1.19. The summed E-state index contributed by atoms with van der Waals surface area (Å²) >= 11 is 0. The fourth-order valence-electron chi connectivity index (χ4n) is 3.14. The zero-order chi connectivity index (χ0) is 17.0. The Morgan fingerprint density at radius 2 is 1.62 bits per heavy atom. The van der Waals surface area contributed by atoms with E-state index < -0.39 is 11.5 Å². The highest BCUT2D eigenvalue weighted by atomic mass is 35.5. The second-order valence-electron chi connectivity index (χ2n) is 6.28. The molecule has 1 aliphatic heterocycles. The van der Waals surface area contributed by atoms with Gasteiger partial charge in [-0.3, -0.25) is 4.90 Å². The van der Waals surface area contributed by atoms with Crippen molar-refractivity contribution in [1.82, 2.24) is 4.90 Å². The highest BCUT2D eigenvalue weighted by Gasteiger charge is 2.41. The van der Waals surface area contributed by atoms with Gasteiger partial charge in [-0.05, 0) is 42.7 Å².